The van der Waals surface area contributed by atoms with Crippen molar-refractivity contribution in [1.29, 1.82) is 0 Å². The molecule has 10 heteroatoms. The van der Waals surface area contributed by atoms with Crippen LogP contribution < -0.4 is 16.1 Å². The van der Waals surface area contributed by atoms with Crippen LogP contribution in [0.15, 0.2) is 30.3 Å². The first-order valence-corrected chi connectivity index (χ1v) is 11.0. The number of hydrazine groups is 1. The van der Waals surface area contributed by atoms with E-state index in [1.807, 2.05) is 13.0 Å². The summed E-state index contributed by atoms with van der Waals surface area (Å²) in [5, 5.41) is 6.11. The van der Waals surface area contributed by atoms with E-state index in [-0.39, 0.29) is 0 Å². The van der Waals surface area contributed by atoms with E-state index in [2.05, 4.69) is 16.1 Å². The summed E-state index contributed by atoms with van der Waals surface area (Å²) in [6.45, 7) is 1.30. The average Bonchev–Trinajstić information content (AvgIpc) is 3.15. The SMILES string of the molecule is CCCC1(c2ccccc2)NC(=O)N(CC(=O)NN2C(=O)NC3(CCCCC3)C2=O)C1=O. The molecule has 3 N–H and O–H groups in total. The van der Waals surface area contributed by atoms with Gasteiger partial charge in [0.1, 0.15) is 17.6 Å². The van der Waals surface area contributed by atoms with Crippen LogP contribution in [0.2, 0.25) is 0 Å². The summed E-state index contributed by atoms with van der Waals surface area (Å²) in [7, 11) is 0. The summed E-state index contributed by atoms with van der Waals surface area (Å²) in [5.74, 6) is -1.84. The molecule has 10 nitrogen and oxygen atoms in total. The lowest BCUT2D eigenvalue weighted by molar-refractivity contribution is -0.141. The molecule has 0 radical (unpaired) electrons. The van der Waals surface area contributed by atoms with E-state index in [4.69, 9.17) is 0 Å². The summed E-state index contributed by atoms with van der Waals surface area (Å²) in [6, 6.07) is 7.49. The molecule has 1 aromatic carbocycles. The van der Waals surface area contributed by atoms with Crippen molar-refractivity contribution in [3.05, 3.63) is 35.9 Å². The van der Waals surface area contributed by atoms with Gasteiger partial charge in [0.05, 0.1) is 0 Å². The number of carbonyl (C=O) groups is 5. The van der Waals surface area contributed by atoms with Crippen molar-refractivity contribution < 1.29 is 24.0 Å². The molecule has 0 bridgehead atoms. The number of urea groups is 2. The lowest BCUT2D eigenvalue weighted by Crippen LogP contribution is -2.53. The Kier molecular flexibility index (Phi) is 5.62. The van der Waals surface area contributed by atoms with Crippen LogP contribution in [0, 0.1) is 0 Å². The molecule has 1 aliphatic carbocycles. The highest BCUT2D eigenvalue weighted by Crippen LogP contribution is 2.34. The Bertz CT molecular complexity index is 959. The van der Waals surface area contributed by atoms with E-state index in [9.17, 15) is 24.0 Å². The van der Waals surface area contributed by atoms with Gasteiger partial charge in [-0.05, 0) is 24.8 Å². The number of hydrogen-bond acceptors (Lipinski definition) is 5. The van der Waals surface area contributed by atoms with Crippen LogP contribution in [0.25, 0.3) is 0 Å². The molecule has 2 aliphatic heterocycles. The highest BCUT2D eigenvalue weighted by molar-refractivity contribution is 6.11. The second kappa shape index (κ2) is 8.25. The molecule has 1 atom stereocenters. The molecule has 1 unspecified atom stereocenters. The summed E-state index contributed by atoms with van der Waals surface area (Å²) >= 11 is 0. The quantitative estimate of drug-likeness (QED) is 0.577. The third-order valence-electron chi connectivity index (χ3n) is 6.47. The number of amides is 7. The zero-order chi connectivity index (χ0) is 22.9. The van der Waals surface area contributed by atoms with Crippen molar-refractivity contribution in [2.45, 2.75) is 62.9 Å². The molecule has 3 fully saturated rings. The molecule has 0 aromatic heterocycles. The van der Waals surface area contributed by atoms with Crippen molar-refractivity contribution >= 4 is 29.8 Å². The largest absolute Gasteiger partial charge is 0.344 e. The van der Waals surface area contributed by atoms with Crippen LogP contribution in [0.1, 0.15) is 57.4 Å². The van der Waals surface area contributed by atoms with Crippen LogP contribution in [0.5, 0.6) is 0 Å². The normalized spacial score (nSPS) is 24.7. The Morgan fingerprint density at radius 1 is 0.969 bits per heavy atom. The van der Waals surface area contributed by atoms with Gasteiger partial charge in [-0.25, -0.2) is 9.59 Å². The molecular formula is C22H27N5O5. The van der Waals surface area contributed by atoms with E-state index in [0.29, 0.717) is 36.3 Å². The summed E-state index contributed by atoms with van der Waals surface area (Å²) in [5.41, 5.74) is 0.683. The van der Waals surface area contributed by atoms with Crippen molar-refractivity contribution in [2.75, 3.05) is 6.54 Å². The molecule has 2 heterocycles. The molecule has 1 aromatic rings. The van der Waals surface area contributed by atoms with Crippen LogP contribution in [-0.2, 0) is 19.9 Å². The van der Waals surface area contributed by atoms with Crippen LogP contribution >= 0.6 is 0 Å². The first-order chi connectivity index (χ1) is 15.3. The van der Waals surface area contributed by atoms with Gasteiger partial charge in [-0.2, -0.15) is 5.01 Å². The van der Waals surface area contributed by atoms with Crippen molar-refractivity contribution in [2.24, 2.45) is 0 Å². The number of benzene rings is 1. The van der Waals surface area contributed by atoms with E-state index in [1.54, 1.807) is 24.3 Å². The number of nitrogens with one attached hydrogen (secondary N) is 3. The molecule has 1 saturated carbocycles. The molecule has 170 valence electrons. The number of nitrogens with zero attached hydrogens (tertiary/aromatic N) is 2. The van der Waals surface area contributed by atoms with Crippen LogP contribution in [-0.4, -0.2) is 51.8 Å². The maximum atomic E-state index is 13.3. The monoisotopic (exact) mass is 441 g/mol. The molecule has 32 heavy (non-hydrogen) atoms. The Hall–Kier alpha value is -3.43. The second-order valence-electron chi connectivity index (χ2n) is 8.59. The molecule has 4 rings (SSSR count). The van der Waals surface area contributed by atoms with Gasteiger partial charge in [-0.1, -0.05) is 62.9 Å². The minimum absolute atomic E-state index is 0.370. The van der Waals surface area contributed by atoms with Gasteiger partial charge >= 0.3 is 12.1 Å². The van der Waals surface area contributed by atoms with Crippen LogP contribution in [0.4, 0.5) is 9.59 Å². The summed E-state index contributed by atoms with van der Waals surface area (Å²) < 4.78 is 0. The van der Waals surface area contributed by atoms with E-state index < -0.39 is 47.4 Å². The fourth-order valence-corrected chi connectivity index (χ4v) is 4.90. The number of hydrogen-bond donors (Lipinski definition) is 3. The van der Waals surface area contributed by atoms with Gasteiger partial charge in [-0.15, -0.1) is 0 Å². The first-order valence-electron chi connectivity index (χ1n) is 11.0. The highest BCUT2D eigenvalue weighted by Gasteiger charge is 2.54. The van der Waals surface area contributed by atoms with E-state index >= 15 is 0 Å². The Labute approximate surface area is 185 Å². The van der Waals surface area contributed by atoms with Gasteiger partial charge in [0.25, 0.3) is 17.7 Å². The van der Waals surface area contributed by atoms with Crippen molar-refractivity contribution in [3.63, 3.8) is 0 Å². The fraction of sp³-hybridized carbons (Fsp3) is 0.500. The Morgan fingerprint density at radius 2 is 1.66 bits per heavy atom. The molecular weight excluding hydrogens is 414 g/mol. The number of rotatable bonds is 6. The average molecular weight is 441 g/mol. The van der Waals surface area contributed by atoms with Gasteiger partial charge in [0, 0.05) is 0 Å². The number of imide groups is 2. The summed E-state index contributed by atoms with van der Waals surface area (Å²) in [4.78, 5) is 64.6. The smallest absolute Gasteiger partial charge is 0.322 e. The van der Waals surface area contributed by atoms with E-state index in [0.717, 1.165) is 24.2 Å². The lowest BCUT2D eigenvalue weighted by Gasteiger charge is -2.30. The van der Waals surface area contributed by atoms with Gasteiger partial charge in [0.15, 0.2) is 0 Å². The Morgan fingerprint density at radius 3 is 2.31 bits per heavy atom. The topological polar surface area (TPSA) is 128 Å². The molecule has 7 amide bonds. The minimum atomic E-state index is -1.25. The van der Waals surface area contributed by atoms with Crippen molar-refractivity contribution in [3.8, 4) is 0 Å². The lowest BCUT2D eigenvalue weighted by atomic mass is 9.82. The third kappa shape index (κ3) is 3.49. The predicted octanol–water partition coefficient (Wildman–Crippen LogP) is 1.52. The van der Waals surface area contributed by atoms with Gasteiger partial charge < -0.3 is 10.6 Å². The minimum Gasteiger partial charge on any atom is -0.322 e. The van der Waals surface area contributed by atoms with Crippen LogP contribution in [0.3, 0.4) is 0 Å². The molecule has 3 aliphatic rings. The van der Waals surface area contributed by atoms with Gasteiger partial charge in [0.2, 0.25) is 0 Å². The zero-order valence-corrected chi connectivity index (χ0v) is 18.0. The zero-order valence-electron chi connectivity index (χ0n) is 18.0. The third-order valence-corrected chi connectivity index (χ3v) is 6.47. The first kappa shape index (κ1) is 21.8. The standard InChI is InChI=1S/C22H27N5O5/c1-2-11-22(15-9-5-3-6-10-15)18(30)26(19(31)24-22)14-16(28)25-27-17(29)21(23-20(27)32)12-7-4-8-13-21/h3,5-6,9-10H,2,4,7-8,11-14H2,1H3,(H,23,32)(H,24,31)(H,25,28). The summed E-state index contributed by atoms with van der Waals surface area (Å²) in [6.07, 6.45) is 4.66. The maximum Gasteiger partial charge on any atom is 0.344 e. The fourth-order valence-electron chi connectivity index (χ4n) is 4.90. The van der Waals surface area contributed by atoms with Crippen molar-refractivity contribution in [1.82, 2.24) is 26.0 Å². The number of carbonyl (C=O) groups excluding carboxylic acids is 5. The molecule has 2 saturated heterocycles. The van der Waals surface area contributed by atoms with E-state index in [1.165, 1.54) is 0 Å². The predicted molar refractivity (Wildman–Crippen MR) is 113 cm³/mol. The molecule has 1 spiro atoms. The maximum absolute atomic E-state index is 13.3. The second-order valence-corrected chi connectivity index (χ2v) is 8.59. The Balaban J connectivity index is 1.48. The van der Waals surface area contributed by atoms with Gasteiger partial charge in [-0.3, -0.25) is 24.7 Å². The highest BCUT2D eigenvalue weighted by atomic mass is 16.2.